The summed E-state index contributed by atoms with van der Waals surface area (Å²) < 4.78 is 0. The predicted octanol–water partition coefficient (Wildman–Crippen LogP) is 0.685. The number of aliphatic hydroxyl groups excluding tert-OH is 1. The number of carbonyl (C=O) groups excluding carboxylic acids is 2. The summed E-state index contributed by atoms with van der Waals surface area (Å²) in [5.41, 5.74) is 1.14. The molecule has 0 saturated carbocycles. The van der Waals surface area contributed by atoms with Crippen molar-refractivity contribution in [3.8, 4) is 0 Å². The molecular weight excluding hydrogens is 340 g/mol. The van der Waals surface area contributed by atoms with Crippen LogP contribution in [0.5, 0.6) is 0 Å². The summed E-state index contributed by atoms with van der Waals surface area (Å²) in [6.07, 6.45) is 0.439. The van der Waals surface area contributed by atoms with Crippen molar-refractivity contribution in [1.29, 1.82) is 0 Å². The average Bonchev–Trinajstić information content (AvgIpc) is 3.19. The number of anilines is 1. The minimum atomic E-state index is -0.430. The number of hydrogen-bond acceptors (Lipinski definition) is 6. The van der Waals surface area contributed by atoms with Crippen molar-refractivity contribution in [2.75, 3.05) is 24.5 Å². The highest BCUT2D eigenvalue weighted by Crippen LogP contribution is 2.30. The van der Waals surface area contributed by atoms with Crippen molar-refractivity contribution >= 4 is 28.3 Å². The van der Waals surface area contributed by atoms with Gasteiger partial charge in [0, 0.05) is 32.5 Å². The molecule has 130 valence electrons. The van der Waals surface area contributed by atoms with E-state index in [0.717, 1.165) is 10.6 Å². The van der Waals surface area contributed by atoms with E-state index in [-0.39, 0.29) is 24.2 Å². The van der Waals surface area contributed by atoms with Gasteiger partial charge in [0.05, 0.1) is 12.0 Å². The zero-order chi connectivity index (χ0) is 17.4. The van der Waals surface area contributed by atoms with Crippen LogP contribution in [0.15, 0.2) is 30.3 Å². The number of hydrogen-bond donors (Lipinski definition) is 1. The standard InChI is InChI=1S/C17H18N4O3S/c22-13-9-20(10-13)16(24)12-7-15(23)21(8-12)17-19-18-14(25-17)6-11-4-2-1-3-5-11/h1-5,12-13,22H,6-10H2. The monoisotopic (exact) mass is 358 g/mol. The molecule has 0 bridgehead atoms. The van der Waals surface area contributed by atoms with Gasteiger partial charge >= 0.3 is 0 Å². The second kappa shape index (κ2) is 6.53. The van der Waals surface area contributed by atoms with E-state index in [2.05, 4.69) is 10.2 Å². The van der Waals surface area contributed by atoms with E-state index in [0.29, 0.717) is 31.2 Å². The van der Waals surface area contributed by atoms with Crippen LogP contribution in [-0.4, -0.2) is 57.8 Å². The number of amides is 2. The van der Waals surface area contributed by atoms with E-state index in [1.54, 1.807) is 9.80 Å². The van der Waals surface area contributed by atoms with Crippen molar-refractivity contribution in [2.24, 2.45) is 5.92 Å². The third-order valence-corrected chi connectivity index (χ3v) is 5.48. The SMILES string of the molecule is O=C(C1CC(=O)N(c2nnc(Cc3ccccc3)s2)C1)N1CC(O)C1. The predicted molar refractivity (Wildman–Crippen MR) is 92.2 cm³/mol. The van der Waals surface area contributed by atoms with E-state index < -0.39 is 6.10 Å². The molecule has 0 spiro atoms. The normalized spacial score (nSPS) is 20.8. The molecule has 3 heterocycles. The lowest BCUT2D eigenvalue weighted by molar-refractivity contribution is -0.145. The van der Waals surface area contributed by atoms with Crippen LogP contribution in [0.1, 0.15) is 17.0 Å². The fourth-order valence-corrected chi connectivity index (χ4v) is 4.05. The van der Waals surface area contributed by atoms with E-state index in [9.17, 15) is 14.7 Å². The van der Waals surface area contributed by atoms with E-state index in [1.807, 2.05) is 30.3 Å². The van der Waals surface area contributed by atoms with Crippen LogP contribution < -0.4 is 4.90 Å². The lowest BCUT2D eigenvalue weighted by Gasteiger charge is -2.37. The lowest BCUT2D eigenvalue weighted by Crippen LogP contribution is -2.55. The molecule has 1 unspecified atom stereocenters. The van der Waals surface area contributed by atoms with Crippen molar-refractivity contribution in [1.82, 2.24) is 15.1 Å². The van der Waals surface area contributed by atoms with Gasteiger partial charge in [-0.05, 0) is 5.56 Å². The molecule has 0 radical (unpaired) electrons. The Hall–Kier alpha value is -2.32. The minimum absolute atomic E-state index is 0.0600. The van der Waals surface area contributed by atoms with Crippen molar-refractivity contribution in [2.45, 2.75) is 18.9 Å². The van der Waals surface area contributed by atoms with Gasteiger partial charge in [-0.25, -0.2) is 0 Å². The molecule has 1 aromatic carbocycles. The molecule has 1 N–H and O–H groups in total. The van der Waals surface area contributed by atoms with Crippen LogP contribution in [-0.2, 0) is 16.0 Å². The molecule has 2 amide bonds. The van der Waals surface area contributed by atoms with Crippen molar-refractivity contribution in [3.63, 3.8) is 0 Å². The molecule has 2 aromatic rings. The quantitative estimate of drug-likeness (QED) is 0.869. The molecule has 2 saturated heterocycles. The van der Waals surface area contributed by atoms with E-state index >= 15 is 0 Å². The van der Waals surface area contributed by atoms with Crippen LogP contribution in [0.2, 0.25) is 0 Å². The van der Waals surface area contributed by atoms with E-state index in [1.165, 1.54) is 11.3 Å². The van der Waals surface area contributed by atoms with E-state index in [4.69, 9.17) is 0 Å². The van der Waals surface area contributed by atoms with Crippen LogP contribution in [0.25, 0.3) is 0 Å². The minimum Gasteiger partial charge on any atom is -0.389 e. The Kier molecular flexibility index (Phi) is 4.22. The zero-order valence-corrected chi connectivity index (χ0v) is 14.4. The zero-order valence-electron chi connectivity index (χ0n) is 13.5. The van der Waals surface area contributed by atoms with Gasteiger partial charge in [-0.2, -0.15) is 0 Å². The van der Waals surface area contributed by atoms with Crippen molar-refractivity contribution < 1.29 is 14.7 Å². The highest BCUT2D eigenvalue weighted by atomic mass is 32.1. The maximum Gasteiger partial charge on any atom is 0.229 e. The van der Waals surface area contributed by atoms with Gasteiger partial charge < -0.3 is 10.0 Å². The first kappa shape index (κ1) is 16.2. The summed E-state index contributed by atoms with van der Waals surface area (Å²) in [4.78, 5) is 27.8. The smallest absolute Gasteiger partial charge is 0.229 e. The van der Waals surface area contributed by atoms with Crippen LogP contribution in [0.4, 0.5) is 5.13 Å². The summed E-state index contributed by atoms with van der Waals surface area (Å²) in [5.74, 6) is -0.515. The Balaban J connectivity index is 1.42. The molecule has 25 heavy (non-hydrogen) atoms. The fraction of sp³-hybridized carbons (Fsp3) is 0.412. The van der Waals surface area contributed by atoms with Gasteiger partial charge in [0.2, 0.25) is 16.9 Å². The second-order valence-corrected chi connectivity index (χ2v) is 7.48. The molecule has 2 aliphatic rings. The summed E-state index contributed by atoms with van der Waals surface area (Å²) in [6, 6.07) is 9.97. The number of β-amino-alcohol motifs (C(OH)–C–C–N with tert-alkyl or cyclic N) is 1. The highest BCUT2D eigenvalue weighted by molar-refractivity contribution is 7.15. The largest absolute Gasteiger partial charge is 0.389 e. The van der Waals surface area contributed by atoms with Gasteiger partial charge in [0.25, 0.3) is 0 Å². The number of aliphatic hydroxyl groups is 1. The number of nitrogens with zero attached hydrogens (tertiary/aromatic N) is 4. The third-order valence-electron chi connectivity index (χ3n) is 4.53. The molecule has 4 rings (SSSR count). The Morgan fingerprint density at radius 3 is 2.68 bits per heavy atom. The van der Waals surface area contributed by atoms with Gasteiger partial charge in [-0.15, -0.1) is 10.2 Å². The number of carbonyl (C=O) groups is 2. The molecular formula is C17H18N4O3S. The number of benzene rings is 1. The maximum atomic E-state index is 12.3. The van der Waals surface area contributed by atoms with Gasteiger partial charge in [0.15, 0.2) is 0 Å². The third kappa shape index (κ3) is 3.27. The Bertz CT molecular complexity index is 788. The summed E-state index contributed by atoms with van der Waals surface area (Å²) in [6.45, 7) is 1.07. The fourth-order valence-electron chi connectivity index (χ4n) is 3.15. The van der Waals surface area contributed by atoms with Crippen LogP contribution >= 0.6 is 11.3 Å². The Morgan fingerprint density at radius 2 is 1.96 bits per heavy atom. The second-order valence-electron chi connectivity index (χ2n) is 6.44. The maximum absolute atomic E-state index is 12.3. The average molecular weight is 358 g/mol. The van der Waals surface area contributed by atoms with Gasteiger partial charge in [-0.1, -0.05) is 41.7 Å². The first-order valence-corrected chi connectivity index (χ1v) is 9.05. The number of likely N-dealkylation sites (tertiary alicyclic amines) is 1. The number of rotatable bonds is 4. The summed E-state index contributed by atoms with van der Waals surface area (Å²) >= 11 is 1.39. The summed E-state index contributed by atoms with van der Waals surface area (Å²) in [5, 5.41) is 19.0. The van der Waals surface area contributed by atoms with Gasteiger partial charge in [0.1, 0.15) is 5.01 Å². The first-order chi connectivity index (χ1) is 12.1. The topological polar surface area (TPSA) is 86.6 Å². The molecule has 2 aliphatic heterocycles. The lowest BCUT2D eigenvalue weighted by atomic mass is 10.0. The first-order valence-electron chi connectivity index (χ1n) is 8.23. The highest BCUT2D eigenvalue weighted by Gasteiger charge is 2.41. The molecule has 0 aliphatic carbocycles. The molecule has 1 aromatic heterocycles. The number of aromatic nitrogens is 2. The Morgan fingerprint density at radius 1 is 1.20 bits per heavy atom. The molecule has 2 fully saturated rings. The molecule has 7 nitrogen and oxygen atoms in total. The summed E-state index contributed by atoms with van der Waals surface area (Å²) in [7, 11) is 0. The Labute approximate surface area is 148 Å². The molecule has 8 heteroatoms. The van der Waals surface area contributed by atoms with Crippen LogP contribution in [0, 0.1) is 5.92 Å². The van der Waals surface area contributed by atoms with Crippen LogP contribution in [0.3, 0.4) is 0 Å². The van der Waals surface area contributed by atoms with Gasteiger partial charge in [-0.3, -0.25) is 14.5 Å². The molecule has 1 atom stereocenters. The van der Waals surface area contributed by atoms with Crippen molar-refractivity contribution in [3.05, 3.63) is 40.9 Å².